The fourth-order valence-corrected chi connectivity index (χ4v) is 2.31. The number of carbonyl (C=O) groups excluding carboxylic acids is 1. The van der Waals surface area contributed by atoms with Crippen LogP contribution in [0.3, 0.4) is 0 Å². The summed E-state index contributed by atoms with van der Waals surface area (Å²) >= 11 is 0. The lowest BCUT2D eigenvalue weighted by molar-refractivity contribution is -0.130. The molecule has 0 radical (unpaired) electrons. The van der Waals surface area contributed by atoms with Crippen molar-refractivity contribution in [2.24, 2.45) is 0 Å². The van der Waals surface area contributed by atoms with Gasteiger partial charge < -0.3 is 10.0 Å². The molecule has 62 valence electrons. The first-order valence-corrected chi connectivity index (χ1v) is 4.20. The predicted octanol–water partition coefficient (Wildman–Crippen LogP) is 0.134. The van der Waals surface area contributed by atoms with Crippen LogP contribution in [-0.4, -0.2) is 34.6 Å². The number of nitrogens with zero attached hydrogens (tertiary/aromatic N) is 1. The van der Waals surface area contributed by atoms with E-state index in [2.05, 4.69) is 0 Å². The maximum atomic E-state index is 11.2. The van der Waals surface area contributed by atoms with Gasteiger partial charge in [0.2, 0.25) is 5.91 Å². The maximum Gasteiger partial charge on any atom is 0.223 e. The second-order valence-corrected chi connectivity index (χ2v) is 3.53. The summed E-state index contributed by atoms with van der Waals surface area (Å²) in [7, 11) is 0. The quantitative estimate of drug-likeness (QED) is 0.585. The van der Waals surface area contributed by atoms with Gasteiger partial charge in [-0.15, -0.1) is 0 Å². The van der Waals surface area contributed by atoms with Crippen LogP contribution in [0.15, 0.2) is 0 Å². The Balaban J connectivity index is 2.25. The molecule has 2 aliphatic heterocycles. The lowest BCUT2D eigenvalue weighted by Gasteiger charge is -2.29. The van der Waals surface area contributed by atoms with Gasteiger partial charge in [0.1, 0.15) is 0 Å². The predicted molar refractivity (Wildman–Crippen MR) is 40.0 cm³/mol. The van der Waals surface area contributed by atoms with Gasteiger partial charge in [0.25, 0.3) is 0 Å². The molecule has 2 rings (SSSR count). The van der Waals surface area contributed by atoms with Crippen molar-refractivity contribution in [2.45, 2.75) is 31.2 Å². The van der Waals surface area contributed by atoms with Crippen LogP contribution in [0.5, 0.6) is 0 Å². The minimum absolute atomic E-state index is 0.142. The monoisotopic (exact) mass is 155 g/mol. The van der Waals surface area contributed by atoms with Crippen LogP contribution in [0.2, 0.25) is 0 Å². The van der Waals surface area contributed by atoms with Crippen LogP contribution in [0.4, 0.5) is 0 Å². The molecule has 1 N–H and O–H groups in total. The number of aliphatic hydroxyl groups excluding tert-OH is 1. The van der Waals surface area contributed by atoms with E-state index in [4.69, 9.17) is 5.11 Å². The van der Waals surface area contributed by atoms with Crippen LogP contribution >= 0.6 is 0 Å². The van der Waals surface area contributed by atoms with E-state index in [-0.39, 0.29) is 18.1 Å². The molecule has 2 saturated heterocycles. The summed E-state index contributed by atoms with van der Waals surface area (Å²) in [5.41, 5.74) is -0.142. The molecule has 2 heterocycles. The Labute approximate surface area is 66.0 Å². The third-order valence-corrected chi connectivity index (χ3v) is 3.00. The van der Waals surface area contributed by atoms with Crippen molar-refractivity contribution in [3.05, 3.63) is 0 Å². The highest BCUT2D eigenvalue weighted by Gasteiger charge is 2.47. The number of hydrogen-bond acceptors (Lipinski definition) is 2. The second-order valence-electron chi connectivity index (χ2n) is 3.53. The molecule has 3 heteroatoms. The molecular formula is C8H13NO2. The van der Waals surface area contributed by atoms with Gasteiger partial charge in [0.05, 0.1) is 12.1 Å². The average molecular weight is 155 g/mol. The molecule has 11 heavy (non-hydrogen) atoms. The van der Waals surface area contributed by atoms with Gasteiger partial charge in [0, 0.05) is 13.0 Å². The molecular weight excluding hydrogens is 142 g/mol. The zero-order chi connectivity index (χ0) is 7.90. The molecule has 0 aromatic carbocycles. The van der Waals surface area contributed by atoms with E-state index < -0.39 is 0 Å². The maximum absolute atomic E-state index is 11.2. The first-order valence-electron chi connectivity index (χ1n) is 4.20. The molecule has 0 aromatic heterocycles. The molecule has 0 spiro atoms. The summed E-state index contributed by atoms with van der Waals surface area (Å²) in [4.78, 5) is 13.1. The van der Waals surface area contributed by atoms with Crippen LogP contribution in [0.1, 0.15) is 25.7 Å². The Morgan fingerprint density at radius 1 is 1.55 bits per heavy atom. The molecule has 3 nitrogen and oxygen atoms in total. The second kappa shape index (κ2) is 2.21. The first-order chi connectivity index (χ1) is 5.28. The third kappa shape index (κ3) is 0.805. The fourth-order valence-electron chi connectivity index (χ4n) is 2.31. The third-order valence-electron chi connectivity index (χ3n) is 3.00. The summed E-state index contributed by atoms with van der Waals surface area (Å²) in [5, 5.41) is 9.15. The lowest BCUT2D eigenvalue weighted by atomic mass is 9.95. The van der Waals surface area contributed by atoms with E-state index in [1.807, 2.05) is 4.90 Å². The molecule has 0 bridgehead atoms. The highest BCUT2D eigenvalue weighted by Crippen LogP contribution is 2.38. The summed E-state index contributed by atoms with van der Waals surface area (Å²) in [6, 6.07) is 0. The van der Waals surface area contributed by atoms with E-state index in [0.29, 0.717) is 6.42 Å². The standard InChI is InChI=1S/C8H13NO2/c10-6-8-3-1-5-9(8)7(11)2-4-8/h10H,1-6H2. The van der Waals surface area contributed by atoms with Gasteiger partial charge in [-0.25, -0.2) is 0 Å². The lowest BCUT2D eigenvalue weighted by Crippen LogP contribution is -2.43. The van der Waals surface area contributed by atoms with Crippen molar-refractivity contribution in [3.8, 4) is 0 Å². The molecule has 1 atom stereocenters. The molecule has 0 aromatic rings. The van der Waals surface area contributed by atoms with Crippen molar-refractivity contribution < 1.29 is 9.90 Å². The number of rotatable bonds is 1. The Morgan fingerprint density at radius 3 is 3.00 bits per heavy atom. The molecule has 1 amide bonds. The summed E-state index contributed by atoms with van der Waals surface area (Å²) in [6.07, 6.45) is 3.56. The van der Waals surface area contributed by atoms with E-state index >= 15 is 0 Å². The summed E-state index contributed by atoms with van der Waals surface area (Å²) in [5.74, 6) is 0.233. The summed E-state index contributed by atoms with van der Waals surface area (Å²) < 4.78 is 0. The smallest absolute Gasteiger partial charge is 0.223 e. The molecule has 0 aliphatic carbocycles. The number of hydrogen-bond donors (Lipinski definition) is 1. The SMILES string of the molecule is O=C1CCC2(CO)CCCN12. The van der Waals surface area contributed by atoms with Crippen molar-refractivity contribution in [1.82, 2.24) is 4.90 Å². The summed E-state index contributed by atoms with van der Waals surface area (Å²) in [6.45, 7) is 1.01. The Bertz CT molecular complexity index is 193. The van der Waals surface area contributed by atoms with Crippen LogP contribution in [-0.2, 0) is 4.79 Å². The number of fused-ring (bicyclic) bond motifs is 1. The van der Waals surface area contributed by atoms with E-state index in [1.165, 1.54) is 0 Å². The minimum Gasteiger partial charge on any atom is -0.394 e. The number of carbonyl (C=O) groups is 1. The first kappa shape index (κ1) is 7.10. The van der Waals surface area contributed by atoms with Crippen LogP contribution in [0.25, 0.3) is 0 Å². The highest BCUT2D eigenvalue weighted by molar-refractivity contribution is 5.80. The van der Waals surface area contributed by atoms with Crippen molar-refractivity contribution in [1.29, 1.82) is 0 Å². The molecule has 2 fully saturated rings. The van der Waals surface area contributed by atoms with E-state index in [1.54, 1.807) is 0 Å². The van der Waals surface area contributed by atoms with E-state index in [0.717, 1.165) is 25.8 Å². The Morgan fingerprint density at radius 2 is 2.36 bits per heavy atom. The molecule has 0 saturated carbocycles. The Kier molecular flexibility index (Phi) is 1.42. The largest absolute Gasteiger partial charge is 0.394 e. The molecule has 1 unspecified atom stereocenters. The van der Waals surface area contributed by atoms with Gasteiger partial charge in [-0.05, 0) is 19.3 Å². The molecule has 2 aliphatic rings. The van der Waals surface area contributed by atoms with Crippen molar-refractivity contribution in [3.63, 3.8) is 0 Å². The van der Waals surface area contributed by atoms with Gasteiger partial charge in [-0.3, -0.25) is 4.79 Å². The average Bonchev–Trinajstić information content (AvgIpc) is 2.53. The zero-order valence-electron chi connectivity index (χ0n) is 6.55. The van der Waals surface area contributed by atoms with Crippen LogP contribution < -0.4 is 0 Å². The minimum atomic E-state index is -0.142. The van der Waals surface area contributed by atoms with Gasteiger partial charge in [0.15, 0.2) is 0 Å². The van der Waals surface area contributed by atoms with E-state index in [9.17, 15) is 4.79 Å². The van der Waals surface area contributed by atoms with Crippen molar-refractivity contribution in [2.75, 3.05) is 13.2 Å². The fraction of sp³-hybridized carbons (Fsp3) is 0.875. The van der Waals surface area contributed by atoms with Crippen LogP contribution in [0, 0.1) is 0 Å². The normalized spacial score (nSPS) is 36.5. The topological polar surface area (TPSA) is 40.5 Å². The van der Waals surface area contributed by atoms with Gasteiger partial charge >= 0.3 is 0 Å². The number of amides is 1. The Hall–Kier alpha value is -0.570. The number of aliphatic hydroxyl groups is 1. The highest BCUT2D eigenvalue weighted by atomic mass is 16.3. The van der Waals surface area contributed by atoms with Gasteiger partial charge in [-0.2, -0.15) is 0 Å². The van der Waals surface area contributed by atoms with Gasteiger partial charge in [-0.1, -0.05) is 0 Å². The van der Waals surface area contributed by atoms with Crippen molar-refractivity contribution >= 4 is 5.91 Å². The zero-order valence-corrected chi connectivity index (χ0v) is 6.55.